The summed E-state index contributed by atoms with van der Waals surface area (Å²) in [4.78, 5) is 6.74. The Morgan fingerprint density at radius 3 is 2.52 bits per heavy atom. The van der Waals surface area contributed by atoms with E-state index < -0.39 is 0 Å². The van der Waals surface area contributed by atoms with Crippen LogP contribution in [0.25, 0.3) is 10.7 Å². The minimum atomic E-state index is 0.547. The van der Waals surface area contributed by atoms with Crippen molar-refractivity contribution in [2.45, 2.75) is 39.8 Å². The maximum atomic E-state index is 4.29. The average molecular weight is 305 g/mol. The van der Waals surface area contributed by atoms with E-state index in [1.165, 1.54) is 0 Å². The molecule has 0 amide bonds. The first-order valence-corrected chi connectivity index (χ1v) is 8.14. The number of rotatable bonds is 7. The van der Waals surface area contributed by atoms with Crippen molar-refractivity contribution in [3.63, 3.8) is 0 Å². The first-order valence-electron chi connectivity index (χ1n) is 7.32. The maximum absolute atomic E-state index is 4.29. The SMILES string of the molecule is CC(C)N(CCNc1nnc(-c2ccccn2)s1)C(C)C. The summed E-state index contributed by atoms with van der Waals surface area (Å²) < 4.78 is 0. The van der Waals surface area contributed by atoms with Gasteiger partial charge in [0.1, 0.15) is 5.69 Å². The Bertz CT molecular complexity index is 530. The number of hydrogen-bond acceptors (Lipinski definition) is 6. The molecule has 0 saturated heterocycles. The molecule has 0 aliphatic heterocycles. The molecule has 2 aromatic rings. The molecule has 2 rings (SSSR count). The molecule has 114 valence electrons. The molecule has 0 atom stereocenters. The van der Waals surface area contributed by atoms with Gasteiger partial charge in [-0.2, -0.15) is 0 Å². The number of hydrogen-bond donors (Lipinski definition) is 1. The lowest BCUT2D eigenvalue weighted by Crippen LogP contribution is -2.40. The predicted octanol–water partition coefficient (Wildman–Crippen LogP) is 3.13. The highest BCUT2D eigenvalue weighted by molar-refractivity contribution is 7.18. The molecule has 0 saturated carbocycles. The van der Waals surface area contributed by atoms with Crippen LogP contribution in [0.3, 0.4) is 0 Å². The number of anilines is 1. The van der Waals surface area contributed by atoms with Gasteiger partial charge in [0.15, 0.2) is 5.01 Å². The average Bonchev–Trinajstić information content (AvgIpc) is 2.92. The molecule has 0 spiro atoms. The minimum absolute atomic E-state index is 0.547. The molecule has 1 N–H and O–H groups in total. The zero-order valence-corrected chi connectivity index (χ0v) is 13.9. The largest absolute Gasteiger partial charge is 0.359 e. The van der Waals surface area contributed by atoms with Crippen LogP contribution < -0.4 is 5.32 Å². The van der Waals surface area contributed by atoms with Gasteiger partial charge in [0.2, 0.25) is 5.13 Å². The number of nitrogens with one attached hydrogen (secondary N) is 1. The zero-order valence-electron chi connectivity index (χ0n) is 13.1. The van der Waals surface area contributed by atoms with Gasteiger partial charge in [-0.15, -0.1) is 10.2 Å². The van der Waals surface area contributed by atoms with Crippen LogP contribution in [0.4, 0.5) is 5.13 Å². The van der Waals surface area contributed by atoms with Crippen LogP contribution >= 0.6 is 11.3 Å². The Morgan fingerprint density at radius 2 is 1.90 bits per heavy atom. The van der Waals surface area contributed by atoms with Crippen molar-refractivity contribution in [3.05, 3.63) is 24.4 Å². The van der Waals surface area contributed by atoms with Crippen molar-refractivity contribution in [1.82, 2.24) is 20.1 Å². The van der Waals surface area contributed by atoms with E-state index in [1.807, 2.05) is 18.2 Å². The molecule has 2 heterocycles. The molecule has 0 radical (unpaired) electrons. The third kappa shape index (κ3) is 4.47. The van der Waals surface area contributed by atoms with Crippen LogP contribution in [-0.4, -0.2) is 45.3 Å². The molecular formula is C15H23N5S. The van der Waals surface area contributed by atoms with Gasteiger partial charge in [-0.05, 0) is 39.8 Å². The molecule has 0 unspecified atom stereocenters. The van der Waals surface area contributed by atoms with E-state index in [-0.39, 0.29) is 0 Å². The van der Waals surface area contributed by atoms with Crippen LogP contribution in [0, 0.1) is 0 Å². The normalized spacial score (nSPS) is 11.6. The molecular weight excluding hydrogens is 282 g/mol. The summed E-state index contributed by atoms with van der Waals surface area (Å²) in [5.74, 6) is 0. The van der Waals surface area contributed by atoms with Crippen LogP contribution in [0.5, 0.6) is 0 Å². The van der Waals surface area contributed by atoms with Crippen LogP contribution in [-0.2, 0) is 0 Å². The lowest BCUT2D eigenvalue weighted by Gasteiger charge is -2.30. The Balaban J connectivity index is 1.89. The van der Waals surface area contributed by atoms with E-state index in [0.29, 0.717) is 12.1 Å². The third-order valence-electron chi connectivity index (χ3n) is 3.28. The monoisotopic (exact) mass is 305 g/mol. The highest BCUT2D eigenvalue weighted by Crippen LogP contribution is 2.24. The zero-order chi connectivity index (χ0) is 15.2. The van der Waals surface area contributed by atoms with Crippen molar-refractivity contribution in [3.8, 4) is 10.7 Å². The van der Waals surface area contributed by atoms with Gasteiger partial charge in [-0.1, -0.05) is 17.4 Å². The van der Waals surface area contributed by atoms with Gasteiger partial charge in [-0.3, -0.25) is 9.88 Å². The van der Waals surface area contributed by atoms with Gasteiger partial charge in [0.25, 0.3) is 0 Å². The number of aromatic nitrogens is 3. The molecule has 0 fully saturated rings. The molecule has 0 aliphatic rings. The van der Waals surface area contributed by atoms with Crippen LogP contribution in [0.1, 0.15) is 27.7 Å². The van der Waals surface area contributed by atoms with Gasteiger partial charge in [0, 0.05) is 31.4 Å². The van der Waals surface area contributed by atoms with E-state index in [1.54, 1.807) is 17.5 Å². The summed E-state index contributed by atoms with van der Waals surface area (Å²) in [5.41, 5.74) is 0.869. The lowest BCUT2D eigenvalue weighted by atomic mass is 10.2. The van der Waals surface area contributed by atoms with E-state index in [9.17, 15) is 0 Å². The second kappa shape index (κ2) is 7.47. The summed E-state index contributed by atoms with van der Waals surface area (Å²) in [6, 6.07) is 6.90. The van der Waals surface area contributed by atoms with Crippen LogP contribution in [0.2, 0.25) is 0 Å². The highest BCUT2D eigenvalue weighted by atomic mass is 32.1. The summed E-state index contributed by atoms with van der Waals surface area (Å²) in [7, 11) is 0. The first kappa shape index (κ1) is 15.9. The van der Waals surface area contributed by atoms with Gasteiger partial charge >= 0.3 is 0 Å². The predicted molar refractivity (Wildman–Crippen MR) is 88.6 cm³/mol. The van der Waals surface area contributed by atoms with Gasteiger partial charge in [0.05, 0.1) is 0 Å². The summed E-state index contributed by atoms with van der Waals surface area (Å²) in [6.45, 7) is 10.8. The molecule has 5 nitrogen and oxygen atoms in total. The molecule has 0 aliphatic carbocycles. The Hall–Kier alpha value is -1.53. The Morgan fingerprint density at radius 1 is 1.14 bits per heavy atom. The van der Waals surface area contributed by atoms with Gasteiger partial charge < -0.3 is 5.32 Å². The fourth-order valence-corrected chi connectivity index (χ4v) is 3.04. The standard InChI is InChI=1S/C15H23N5S/c1-11(2)20(12(3)4)10-9-17-15-19-18-14(21-15)13-7-5-6-8-16-13/h5-8,11-12H,9-10H2,1-4H3,(H,17,19). The Labute approximate surface area is 130 Å². The topological polar surface area (TPSA) is 53.9 Å². The summed E-state index contributed by atoms with van der Waals surface area (Å²) >= 11 is 1.54. The smallest absolute Gasteiger partial charge is 0.206 e. The van der Waals surface area contributed by atoms with E-state index in [2.05, 4.69) is 53.1 Å². The lowest BCUT2D eigenvalue weighted by molar-refractivity contribution is 0.182. The summed E-state index contributed by atoms with van der Waals surface area (Å²) in [5, 5.41) is 13.4. The van der Waals surface area contributed by atoms with E-state index in [0.717, 1.165) is 28.9 Å². The third-order valence-corrected chi connectivity index (χ3v) is 4.19. The fraction of sp³-hybridized carbons (Fsp3) is 0.533. The van der Waals surface area contributed by atoms with E-state index >= 15 is 0 Å². The minimum Gasteiger partial charge on any atom is -0.359 e. The molecule has 6 heteroatoms. The maximum Gasteiger partial charge on any atom is 0.206 e. The van der Waals surface area contributed by atoms with E-state index in [4.69, 9.17) is 0 Å². The van der Waals surface area contributed by atoms with Crippen molar-refractivity contribution >= 4 is 16.5 Å². The van der Waals surface area contributed by atoms with Crippen molar-refractivity contribution in [1.29, 1.82) is 0 Å². The van der Waals surface area contributed by atoms with Crippen LogP contribution in [0.15, 0.2) is 24.4 Å². The Kier molecular flexibility index (Phi) is 5.64. The molecule has 0 aromatic carbocycles. The second-order valence-corrected chi connectivity index (χ2v) is 6.46. The number of pyridine rings is 1. The van der Waals surface area contributed by atoms with Gasteiger partial charge in [-0.25, -0.2) is 0 Å². The van der Waals surface area contributed by atoms with Crippen molar-refractivity contribution in [2.24, 2.45) is 0 Å². The first-order chi connectivity index (χ1) is 10.1. The number of nitrogens with zero attached hydrogens (tertiary/aromatic N) is 4. The highest BCUT2D eigenvalue weighted by Gasteiger charge is 2.13. The second-order valence-electron chi connectivity index (χ2n) is 5.48. The molecule has 0 bridgehead atoms. The van der Waals surface area contributed by atoms with Crippen molar-refractivity contribution < 1.29 is 0 Å². The molecule has 21 heavy (non-hydrogen) atoms. The van der Waals surface area contributed by atoms with Crippen molar-refractivity contribution in [2.75, 3.05) is 18.4 Å². The summed E-state index contributed by atoms with van der Waals surface area (Å²) in [6.07, 6.45) is 1.77. The quantitative estimate of drug-likeness (QED) is 0.851. The fourth-order valence-electron chi connectivity index (χ4n) is 2.29. The molecule has 2 aromatic heterocycles.